The molecule has 0 saturated heterocycles. The van der Waals surface area contributed by atoms with Gasteiger partial charge >= 0.3 is 0 Å². The van der Waals surface area contributed by atoms with Crippen LogP contribution in [0.3, 0.4) is 0 Å². The number of pyridine rings is 1. The number of nitrogens with one attached hydrogen (secondary N) is 1. The number of hydrogen-bond donors (Lipinski definition) is 2. The van der Waals surface area contributed by atoms with Crippen LogP contribution in [0.4, 0.5) is 10.1 Å². The molecule has 0 aliphatic heterocycles. The summed E-state index contributed by atoms with van der Waals surface area (Å²) in [5.74, 6) is -0.923. The van der Waals surface area contributed by atoms with Crippen molar-refractivity contribution in [3.05, 3.63) is 59.3 Å². The third-order valence-corrected chi connectivity index (χ3v) is 3.60. The number of imidazole rings is 1. The molecule has 23 heavy (non-hydrogen) atoms. The molecule has 2 heterocycles. The van der Waals surface area contributed by atoms with E-state index in [-0.39, 0.29) is 11.4 Å². The maximum atomic E-state index is 13.5. The molecule has 0 unspecified atom stereocenters. The molecule has 0 spiro atoms. The highest BCUT2D eigenvalue weighted by Gasteiger charge is 2.19. The Kier molecular flexibility index (Phi) is 3.73. The number of carbonyl (C=O) groups excluding carboxylic acids is 1. The SMILES string of the molecule is CCc1nc2ccc(F)cn2c1C(=O)Nc1cc(C)ccc1O. The van der Waals surface area contributed by atoms with Crippen molar-refractivity contribution in [3.63, 3.8) is 0 Å². The number of aryl methyl sites for hydroxylation is 2. The molecule has 2 N–H and O–H groups in total. The van der Waals surface area contributed by atoms with Crippen molar-refractivity contribution < 1.29 is 14.3 Å². The van der Waals surface area contributed by atoms with Crippen molar-refractivity contribution in [3.8, 4) is 5.75 Å². The average molecular weight is 313 g/mol. The average Bonchev–Trinajstić information content (AvgIpc) is 2.88. The molecular formula is C17H16FN3O2. The Hall–Kier alpha value is -2.89. The molecule has 0 fully saturated rings. The second-order valence-electron chi connectivity index (χ2n) is 5.31. The van der Waals surface area contributed by atoms with Crippen LogP contribution in [0, 0.1) is 12.7 Å². The number of nitrogens with zero attached hydrogens (tertiary/aromatic N) is 2. The second kappa shape index (κ2) is 5.72. The predicted octanol–water partition coefficient (Wildman–Crippen LogP) is 3.30. The van der Waals surface area contributed by atoms with Crippen LogP contribution in [0.2, 0.25) is 0 Å². The highest BCUT2D eigenvalue weighted by molar-refractivity contribution is 6.05. The van der Waals surface area contributed by atoms with E-state index in [4.69, 9.17) is 0 Å². The molecule has 1 amide bonds. The molecule has 118 valence electrons. The van der Waals surface area contributed by atoms with E-state index in [0.29, 0.717) is 23.4 Å². The molecule has 3 aromatic rings. The first-order valence-corrected chi connectivity index (χ1v) is 7.27. The lowest BCUT2D eigenvalue weighted by molar-refractivity contribution is 0.102. The summed E-state index contributed by atoms with van der Waals surface area (Å²) >= 11 is 0. The van der Waals surface area contributed by atoms with Crippen LogP contribution in [-0.4, -0.2) is 20.4 Å². The van der Waals surface area contributed by atoms with Gasteiger partial charge in [-0.2, -0.15) is 0 Å². The van der Waals surface area contributed by atoms with E-state index in [1.807, 2.05) is 13.8 Å². The van der Waals surface area contributed by atoms with Gasteiger partial charge in [-0.3, -0.25) is 9.20 Å². The Morgan fingerprint density at radius 2 is 2.13 bits per heavy atom. The second-order valence-corrected chi connectivity index (χ2v) is 5.31. The predicted molar refractivity (Wildman–Crippen MR) is 85.3 cm³/mol. The van der Waals surface area contributed by atoms with E-state index >= 15 is 0 Å². The molecule has 3 rings (SSSR count). The van der Waals surface area contributed by atoms with Crippen molar-refractivity contribution in [2.45, 2.75) is 20.3 Å². The fourth-order valence-corrected chi connectivity index (χ4v) is 2.49. The first-order chi connectivity index (χ1) is 11.0. The molecule has 1 aromatic carbocycles. The van der Waals surface area contributed by atoms with Crippen LogP contribution in [0.25, 0.3) is 5.65 Å². The highest BCUT2D eigenvalue weighted by Crippen LogP contribution is 2.25. The summed E-state index contributed by atoms with van der Waals surface area (Å²) in [5, 5.41) is 12.5. The number of phenols is 1. The van der Waals surface area contributed by atoms with Crippen LogP contribution in [0.15, 0.2) is 36.5 Å². The van der Waals surface area contributed by atoms with E-state index in [9.17, 15) is 14.3 Å². The van der Waals surface area contributed by atoms with Gasteiger partial charge < -0.3 is 10.4 Å². The summed E-state index contributed by atoms with van der Waals surface area (Å²) in [4.78, 5) is 17.0. The van der Waals surface area contributed by atoms with Gasteiger partial charge in [0.05, 0.1) is 11.4 Å². The van der Waals surface area contributed by atoms with Gasteiger partial charge in [0.25, 0.3) is 5.91 Å². The zero-order valence-electron chi connectivity index (χ0n) is 12.8. The fourth-order valence-electron chi connectivity index (χ4n) is 2.49. The Morgan fingerprint density at radius 1 is 1.35 bits per heavy atom. The molecule has 0 aliphatic carbocycles. The van der Waals surface area contributed by atoms with E-state index < -0.39 is 11.7 Å². The van der Waals surface area contributed by atoms with Gasteiger partial charge in [-0.1, -0.05) is 13.0 Å². The van der Waals surface area contributed by atoms with E-state index in [1.165, 1.54) is 28.8 Å². The number of fused-ring (bicyclic) bond motifs is 1. The summed E-state index contributed by atoms with van der Waals surface area (Å²) in [6, 6.07) is 7.75. The summed E-state index contributed by atoms with van der Waals surface area (Å²) in [6.45, 7) is 3.73. The minimum absolute atomic E-state index is 0.0259. The smallest absolute Gasteiger partial charge is 0.274 e. The topological polar surface area (TPSA) is 66.6 Å². The molecule has 6 heteroatoms. The zero-order chi connectivity index (χ0) is 16.6. The third-order valence-electron chi connectivity index (χ3n) is 3.60. The van der Waals surface area contributed by atoms with E-state index in [0.717, 1.165) is 5.56 Å². The maximum Gasteiger partial charge on any atom is 0.274 e. The number of hydrogen-bond acceptors (Lipinski definition) is 3. The Balaban J connectivity index is 2.06. The number of anilines is 1. The first-order valence-electron chi connectivity index (χ1n) is 7.27. The van der Waals surface area contributed by atoms with E-state index in [2.05, 4.69) is 10.3 Å². The molecule has 0 bridgehead atoms. The normalized spacial score (nSPS) is 10.9. The van der Waals surface area contributed by atoms with Crippen molar-refractivity contribution in [1.29, 1.82) is 0 Å². The van der Waals surface area contributed by atoms with Gasteiger partial charge in [0, 0.05) is 6.20 Å². The fraction of sp³-hybridized carbons (Fsp3) is 0.176. The minimum atomic E-state index is -0.454. The highest BCUT2D eigenvalue weighted by atomic mass is 19.1. The van der Waals surface area contributed by atoms with Gasteiger partial charge in [0.1, 0.15) is 22.9 Å². The van der Waals surface area contributed by atoms with Crippen molar-refractivity contribution >= 4 is 17.2 Å². The van der Waals surface area contributed by atoms with Gasteiger partial charge in [-0.15, -0.1) is 0 Å². The van der Waals surface area contributed by atoms with Gasteiger partial charge in [-0.25, -0.2) is 9.37 Å². The number of aromatic hydroxyl groups is 1. The number of benzene rings is 1. The van der Waals surface area contributed by atoms with Crippen molar-refractivity contribution in [2.24, 2.45) is 0 Å². The van der Waals surface area contributed by atoms with Gasteiger partial charge in [0.2, 0.25) is 0 Å². The van der Waals surface area contributed by atoms with Gasteiger partial charge in [0.15, 0.2) is 0 Å². The van der Waals surface area contributed by atoms with Crippen LogP contribution in [0.1, 0.15) is 28.7 Å². The Bertz CT molecular complexity index is 902. The van der Waals surface area contributed by atoms with Crippen molar-refractivity contribution in [2.75, 3.05) is 5.32 Å². The monoisotopic (exact) mass is 313 g/mol. The van der Waals surface area contributed by atoms with Crippen LogP contribution in [0.5, 0.6) is 5.75 Å². The standard InChI is InChI=1S/C17H16FN3O2/c1-3-12-16(21-9-11(18)5-7-15(21)19-12)17(23)20-13-8-10(2)4-6-14(13)22/h4-9,22H,3H2,1-2H3,(H,20,23). The van der Waals surface area contributed by atoms with Crippen molar-refractivity contribution in [1.82, 2.24) is 9.38 Å². The number of carbonyl (C=O) groups is 1. The Morgan fingerprint density at radius 3 is 2.87 bits per heavy atom. The lowest BCUT2D eigenvalue weighted by atomic mass is 10.2. The van der Waals surface area contributed by atoms with Gasteiger partial charge in [-0.05, 0) is 43.2 Å². The zero-order valence-corrected chi connectivity index (χ0v) is 12.8. The lowest BCUT2D eigenvalue weighted by Gasteiger charge is -2.09. The lowest BCUT2D eigenvalue weighted by Crippen LogP contribution is -2.16. The minimum Gasteiger partial charge on any atom is -0.506 e. The Labute approximate surface area is 132 Å². The van der Waals surface area contributed by atoms with Crippen LogP contribution >= 0.6 is 0 Å². The molecule has 0 aliphatic rings. The maximum absolute atomic E-state index is 13.5. The molecule has 0 radical (unpaired) electrons. The molecule has 0 saturated carbocycles. The number of halogens is 1. The van der Waals surface area contributed by atoms with Crippen LogP contribution < -0.4 is 5.32 Å². The summed E-state index contributed by atoms with van der Waals surface area (Å²) in [5.41, 5.74) is 2.55. The largest absolute Gasteiger partial charge is 0.506 e. The number of rotatable bonds is 3. The molecule has 0 atom stereocenters. The van der Waals surface area contributed by atoms with E-state index in [1.54, 1.807) is 12.1 Å². The summed E-state index contributed by atoms with van der Waals surface area (Å²) < 4.78 is 14.9. The number of aromatic nitrogens is 2. The molecule has 2 aromatic heterocycles. The number of amides is 1. The first kappa shape index (κ1) is 15.0. The number of phenolic OH excluding ortho intramolecular Hbond substituents is 1. The summed E-state index contributed by atoms with van der Waals surface area (Å²) in [6.07, 6.45) is 1.76. The molecular weight excluding hydrogens is 297 g/mol. The summed E-state index contributed by atoms with van der Waals surface area (Å²) in [7, 11) is 0. The van der Waals surface area contributed by atoms with Crippen LogP contribution in [-0.2, 0) is 6.42 Å². The third kappa shape index (κ3) is 2.75. The molecule has 5 nitrogen and oxygen atoms in total. The quantitative estimate of drug-likeness (QED) is 0.729.